The van der Waals surface area contributed by atoms with Gasteiger partial charge in [0.1, 0.15) is 0 Å². The van der Waals surface area contributed by atoms with Gasteiger partial charge in [-0.1, -0.05) is 224 Å². The molecule has 538 valence electrons. The second-order valence-electron chi connectivity index (χ2n) is 30.1. The molecular formula is C103H57N9S4. The van der Waals surface area contributed by atoms with E-state index in [1.165, 1.54) is 124 Å². The fraction of sp³-hybridized carbons (Fsp3) is 0. The van der Waals surface area contributed by atoms with Crippen molar-refractivity contribution in [1.82, 2.24) is 43.2 Å². The van der Waals surface area contributed by atoms with E-state index in [0.29, 0.717) is 17.5 Å². The lowest BCUT2D eigenvalue weighted by Gasteiger charge is -2.20. The predicted octanol–water partition coefficient (Wildman–Crippen LogP) is 28.9. The number of benzene rings is 15. The highest BCUT2D eigenvalue weighted by atomic mass is 32.1. The van der Waals surface area contributed by atoms with Gasteiger partial charge in [-0.15, -0.1) is 45.3 Å². The average Bonchev–Trinajstić information content (AvgIpc) is 1.57. The molecule has 0 aliphatic rings. The van der Waals surface area contributed by atoms with Crippen LogP contribution in [-0.2, 0) is 0 Å². The molecule has 15 aromatic carbocycles. The summed E-state index contributed by atoms with van der Waals surface area (Å²) < 4.78 is 20.0. The topological polar surface area (TPSA) is 84.2 Å². The second-order valence-corrected chi connectivity index (χ2v) is 34.3. The molecule has 0 amide bonds. The van der Waals surface area contributed by atoms with Crippen LogP contribution in [0.15, 0.2) is 346 Å². The zero-order valence-electron chi connectivity index (χ0n) is 61.6. The Labute approximate surface area is 676 Å². The van der Waals surface area contributed by atoms with Crippen LogP contribution in [0.1, 0.15) is 0 Å². The van der Waals surface area contributed by atoms with Gasteiger partial charge in [-0.2, -0.15) is 0 Å². The van der Waals surface area contributed by atoms with E-state index in [-0.39, 0.29) is 0 Å². The van der Waals surface area contributed by atoms with E-state index >= 15 is 0 Å². The van der Waals surface area contributed by atoms with Crippen LogP contribution in [0.3, 0.4) is 0 Å². The van der Waals surface area contributed by atoms with E-state index in [1.807, 2.05) is 63.8 Å². The minimum absolute atomic E-state index is 0.532. The number of nitrogens with zero attached hydrogens (tertiary/aromatic N) is 9. The summed E-state index contributed by atoms with van der Waals surface area (Å²) in [5.41, 5.74) is 19.3. The third-order valence-electron chi connectivity index (χ3n) is 24.0. The molecule has 0 fully saturated rings. The molecule has 26 aromatic rings. The van der Waals surface area contributed by atoms with Crippen LogP contribution in [0.5, 0.6) is 0 Å². The molecular weight excluding hydrogens is 1490 g/mol. The average molecular weight is 1550 g/mol. The molecule has 0 radical (unpaired) electrons. The van der Waals surface area contributed by atoms with Crippen LogP contribution in [0.4, 0.5) is 0 Å². The standard InChI is InChI=1S/C103H57N9S4/c1-2-20-58(21-3-1)101-106-102(59-38-40-61(85(54-59)109-77-30-12-4-26-73(77)93-81(109)46-42-69-65-22-8-16-34-89(65)113-97(69)93)63-50-52-104-56-87(63)111-79-32-14-6-28-75(79)95-83(111)48-44-71-67-24-10-18-36-91(67)115-99(71)95)108-103(107-101)60-39-41-62(86(55-60)110-78-31-13-5-27-74(78)94-82(110)47-43-70-66-23-9-17-35-90(66)114-98(70)94)64-51-53-105-57-88(64)112-80-33-15-7-29-76(80)96-84(112)49-45-72-68-25-11-19-37-92(68)116-100(72)96/h1-57H. The van der Waals surface area contributed by atoms with Crippen LogP contribution in [-0.4, -0.2) is 43.2 Å². The predicted molar refractivity (Wildman–Crippen MR) is 492 cm³/mol. The summed E-state index contributed by atoms with van der Waals surface area (Å²) in [6, 6.07) is 118. The highest BCUT2D eigenvalue weighted by Crippen LogP contribution is 2.52. The molecule has 116 heavy (non-hydrogen) atoms. The molecule has 0 aliphatic heterocycles. The first kappa shape index (κ1) is 64.2. The van der Waals surface area contributed by atoms with Crippen LogP contribution in [0.25, 0.3) is 247 Å². The van der Waals surface area contributed by atoms with Gasteiger partial charge in [0.05, 0.1) is 79.3 Å². The van der Waals surface area contributed by atoms with Gasteiger partial charge in [0.25, 0.3) is 0 Å². The number of fused-ring (bicyclic) bond motifs is 28. The minimum atomic E-state index is 0.532. The van der Waals surface area contributed by atoms with Crippen molar-refractivity contribution in [2.24, 2.45) is 0 Å². The first-order chi connectivity index (χ1) is 57.6. The van der Waals surface area contributed by atoms with Crippen LogP contribution >= 0.6 is 45.3 Å². The highest BCUT2D eigenvalue weighted by molar-refractivity contribution is 7.28. The maximum Gasteiger partial charge on any atom is 0.164 e. The molecule has 0 atom stereocenters. The zero-order chi connectivity index (χ0) is 75.5. The van der Waals surface area contributed by atoms with Gasteiger partial charge in [-0.3, -0.25) is 9.97 Å². The molecule has 13 heteroatoms. The Kier molecular flexibility index (Phi) is 13.6. The van der Waals surface area contributed by atoms with Gasteiger partial charge < -0.3 is 18.3 Å². The number of rotatable bonds is 9. The van der Waals surface area contributed by atoms with Crippen molar-refractivity contribution in [1.29, 1.82) is 0 Å². The molecule has 0 spiro atoms. The fourth-order valence-corrected chi connectivity index (χ4v) is 24.1. The first-order valence-corrected chi connectivity index (χ1v) is 42.2. The van der Waals surface area contributed by atoms with Gasteiger partial charge in [-0.05, 0) is 97.1 Å². The molecule has 0 unspecified atom stereocenters. The lowest BCUT2D eigenvalue weighted by atomic mass is 9.99. The van der Waals surface area contributed by atoms with Crippen molar-refractivity contribution >= 4 is 213 Å². The number of aromatic nitrogens is 9. The number of pyridine rings is 2. The summed E-state index contributed by atoms with van der Waals surface area (Å²) in [6.07, 6.45) is 7.99. The van der Waals surface area contributed by atoms with E-state index in [2.05, 4.69) is 346 Å². The van der Waals surface area contributed by atoms with Crippen molar-refractivity contribution in [3.63, 3.8) is 0 Å². The molecule has 11 aromatic heterocycles. The zero-order valence-corrected chi connectivity index (χ0v) is 64.8. The summed E-state index contributed by atoms with van der Waals surface area (Å²) in [5, 5.41) is 19.7. The van der Waals surface area contributed by atoms with Crippen LogP contribution in [0, 0.1) is 0 Å². The lowest BCUT2D eigenvalue weighted by molar-refractivity contribution is 1.07. The van der Waals surface area contributed by atoms with Crippen LogP contribution in [0.2, 0.25) is 0 Å². The van der Waals surface area contributed by atoms with Crippen molar-refractivity contribution in [2.45, 2.75) is 0 Å². The molecule has 26 rings (SSSR count). The SMILES string of the molecule is c1ccc(-c2nc(-c3ccc(-c4ccncc4-n4c5ccccc5c5c6sc7ccccc7c6ccc54)c(-n4c5ccccc5c5c6sc7ccccc7c6ccc54)c3)nc(-c3ccc(-c4ccncc4-n4c5ccccc5c5c6sc7ccccc7c6ccc54)c(-n4c5ccccc5c5c6sc7ccccc7c6ccc54)c3)n2)cc1. The van der Waals surface area contributed by atoms with E-state index in [4.69, 9.17) is 24.9 Å². The van der Waals surface area contributed by atoms with E-state index in [0.717, 1.165) is 106 Å². The Bertz CT molecular complexity index is 8280. The van der Waals surface area contributed by atoms with Gasteiger partial charge in [0.15, 0.2) is 17.5 Å². The summed E-state index contributed by atoms with van der Waals surface area (Å²) in [7, 11) is 0. The molecule has 11 heterocycles. The third-order valence-corrected chi connectivity index (χ3v) is 28.9. The van der Waals surface area contributed by atoms with Gasteiger partial charge in [-0.25, -0.2) is 15.0 Å². The van der Waals surface area contributed by atoms with E-state index in [9.17, 15) is 0 Å². The summed E-state index contributed by atoms with van der Waals surface area (Å²) in [5.74, 6) is 1.62. The molecule has 0 aliphatic carbocycles. The van der Waals surface area contributed by atoms with Crippen molar-refractivity contribution in [3.05, 3.63) is 346 Å². The maximum atomic E-state index is 5.80. The minimum Gasteiger partial charge on any atom is -0.309 e. The Morgan fingerprint density at radius 2 is 0.474 bits per heavy atom. The highest BCUT2D eigenvalue weighted by Gasteiger charge is 2.29. The largest absolute Gasteiger partial charge is 0.309 e. The summed E-state index contributed by atoms with van der Waals surface area (Å²) in [6.45, 7) is 0. The Morgan fingerprint density at radius 3 is 0.810 bits per heavy atom. The summed E-state index contributed by atoms with van der Waals surface area (Å²) >= 11 is 7.47. The Morgan fingerprint density at radius 1 is 0.198 bits per heavy atom. The molecule has 9 nitrogen and oxygen atoms in total. The number of thiophene rings is 4. The van der Waals surface area contributed by atoms with Gasteiger partial charge in [0.2, 0.25) is 0 Å². The Balaban J connectivity index is 0.728. The summed E-state index contributed by atoms with van der Waals surface area (Å²) in [4.78, 5) is 27.1. The quantitative estimate of drug-likeness (QED) is 0.144. The van der Waals surface area contributed by atoms with Crippen molar-refractivity contribution < 1.29 is 0 Å². The fourth-order valence-electron chi connectivity index (χ4n) is 19.1. The maximum absolute atomic E-state index is 5.80. The molecule has 0 N–H and O–H groups in total. The van der Waals surface area contributed by atoms with Gasteiger partial charge in [0, 0.05) is 175 Å². The number of para-hydroxylation sites is 4. The molecule has 0 saturated carbocycles. The smallest absolute Gasteiger partial charge is 0.164 e. The Hall–Kier alpha value is -14.3. The monoisotopic (exact) mass is 1550 g/mol. The molecule has 0 bridgehead atoms. The third kappa shape index (κ3) is 9.15. The van der Waals surface area contributed by atoms with Gasteiger partial charge >= 0.3 is 0 Å². The van der Waals surface area contributed by atoms with Crippen molar-refractivity contribution in [3.8, 4) is 79.2 Å². The second kappa shape index (κ2) is 24.6. The van der Waals surface area contributed by atoms with E-state index in [1.54, 1.807) is 0 Å². The number of hydrogen-bond donors (Lipinski definition) is 0. The normalized spacial score (nSPS) is 12.3. The molecule has 0 saturated heterocycles. The van der Waals surface area contributed by atoms with Crippen LogP contribution < -0.4 is 0 Å². The first-order valence-electron chi connectivity index (χ1n) is 38.9. The van der Waals surface area contributed by atoms with E-state index < -0.39 is 0 Å². The number of hydrogen-bond acceptors (Lipinski definition) is 9. The van der Waals surface area contributed by atoms with Crippen molar-refractivity contribution in [2.75, 3.05) is 0 Å². The lowest BCUT2D eigenvalue weighted by Crippen LogP contribution is -2.05.